The van der Waals surface area contributed by atoms with Crippen LogP contribution in [0.4, 0.5) is 0 Å². The normalized spacial score (nSPS) is 32.7. The number of hydrogen-bond acceptors (Lipinski definition) is 2. The van der Waals surface area contributed by atoms with Crippen LogP contribution in [0.25, 0.3) is 0 Å². The molecule has 3 heterocycles. The summed E-state index contributed by atoms with van der Waals surface area (Å²) in [6.07, 6.45) is 13.0. The van der Waals surface area contributed by atoms with Crippen molar-refractivity contribution in [2.75, 3.05) is 0 Å². The molecule has 2 atom stereocenters. The van der Waals surface area contributed by atoms with Gasteiger partial charge in [-0.2, -0.15) is 5.10 Å². The van der Waals surface area contributed by atoms with Crippen LogP contribution in [0, 0.1) is 0 Å². The van der Waals surface area contributed by atoms with Gasteiger partial charge in [-0.3, -0.25) is 4.68 Å². The molecular weight excluding hydrogens is 210 g/mol. The van der Waals surface area contributed by atoms with Crippen molar-refractivity contribution in [3.63, 3.8) is 0 Å². The zero-order chi connectivity index (χ0) is 11.2. The largest absolute Gasteiger partial charge is 0.307 e. The minimum Gasteiger partial charge on any atom is -0.307 e. The molecular formula is C14H21N3. The zero-order valence-corrected chi connectivity index (χ0v) is 10.4. The van der Waals surface area contributed by atoms with E-state index < -0.39 is 0 Å². The molecule has 1 saturated heterocycles. The maximum atomic E-state index is 4.89. The van der Waals surface area contributed by atoms with Crippen molar-refractivity contribution in [1.29, 1.82) is 0 Å². The van der Waals surface area contributed by atoms with Gasteiger partial charge in [0.25, 0.3) is 0 Å². The van der Waals surface area contributed by atoms with Crippen molar-refractivity contribution in [3.05, 3.63) is 17.5 Å². The van der Waals surface area contributed by atoms with Crippen LogP contribution >= 0.6 is 0 Å². The van der Waals surface area contributed by atoms with E-state index in [-0.39, 0.29) is 0 Å². The number of nitrogens with zero attached hydrogens (tertiary/aromatic N) is 2. The molecule has 1 saturated carbocycles. The van der Waals surface area contributed by atoms with E-state index in [2.05, 4.69) is 16.2 Å². The first-order valence-corrected chi connectivity index (χ1v) is 7.24. The van der Waals surface area contributed by atoms with Gasteiger partial charge in [0.15, 0.2) is 0 Å². The van der Waals surface area contributed by atoms with Gasteiger partial charge in [-0.05, 0) is 25.7 Å². The fourth-order valence-corrected chi connectivity index (χ4v) is 3.88. The fraction of sp³-hybridized carbons (Fsp3) is 0.786. The minimum absolute atomic E-state index is 0.612. The van der Waals surface area contributed by atoms with Gasteiger partial charge in [0.1, 0.15) is 0 Å². The third-order valence-electron chi connectivity index (χ3n) is 4.85. The highest BCUT2D eigenvalue weighted by atomic mass is 15.3. The van der Waals surface area contributed by atoms with Gasteiger partial charge in [0.2, 0.25) is 0 Å². The van der Waals surface area contributed by atoms with Crippen molar-refractivity contribution in [3.8, 4) is 0 Å². The first-order chi connectivity index (χ1) is 8.40. The van der Waals surface area contributed by atoms with Gasteiger partial charge in [0, 0.05) is 30.3 Å². The monoisotopic (exact) mass is 231 g/mol. The summed E-state index contributed by atoms with van der Waals surface area (Å²) in [5.41, 5.74) is 2.89. The molecule has 1 N–H and O–H groups in total. The van der Waals surface area contributed by atoms with E-state index in [9.17, 15) is 0 Å². The Morgan fingerprint density at radius 3 is 2.88 bits per heavy atom. The molecule has 0 unspecified atom stereocenters. The number of hydrogen-bond donors (Lipinski definition) is 1. The second-order valence-electron chi connectivity index (χ2n) is 6.00. The summed E-state index contributed by atoms with van der Waals surface area (Å²) in [5.74, 6) is 0. The highest BCUT2D eigenvalue weighted by Crippen LogP contribution is 2.37. The van der Waals surface area contributed by atoms with Crippen molar-refractivity contribution in [2.45, 2.75) is 69.5 Å². The van der Waals surface area contributed by atoms with Crippen LogP contribution in [-0.2, 0) is 6.42 Å². The van der Waals surface area contributed by atoms with Crippen LogP contribution in [0.15, 0.2) is 6.20 Å². The van der Waals surface area contributed by atoms with E-state index in [0.717, 1.165) is 6.42 Å². The third-order valence-corrected chi connectivity index (χ3v) is 4.85. The molecule has 4 rings (SSSR count). The summed E-state index contributed by atoms with van der Waals surface area (Å²) < 4.78 is 2.30. The summed E-state index contributed by atoms with van der Waals surface area (Å²) in [7, 11) is 0. The molecule has 0 radical (unpaired) electrons. The third kappa shape index (κ3) is 1.63. The molecule has 2 aliphatic heterocycles. The lowest BCUT2D eigenvalue weighted by Crippen LogP contribution is -2.31. The van der Waals surface area contributed by atoms with Gasteiger partial charge in [-0.1, -0.05) is 19.3 Å². The van der Waals surface area contributed by atoms with Crippen molar-refractivity contribution in [1.82, 2.24) is 15.1 Å². The standard InChI is InChI=1S/C14H21N3/c1-2-4-11(5-3-1)17-9-12-13-7-6-10(15-13)8-14(12)16-17/h9-11,13,15H,1-8H2/t10-,13+/m0/s1. The molecule has 0 amide bonds. The summed E-state index contributed by atoms with van der Waals surface area (Å²) >= 11 is 0. The predicted molar refractivity (Wildman–Crippen MR) is 67.0 cm³/mol. The summed E-state index contributed by atoms with van der Waals surface area (Å²) in [5, 5.41) is 8.60. The number of aromatic nitrogens is 2. The van der Waals surface area contributed by atoms with Crippen LogP contribution < -0.4 is 5.32 Å². The first-order valence-electron chi connectivity index (χ1n) is 7.24. The van der Waals surface area contributed by atoms with Crippen molar-refractivity contribution >= 4 is 0 Å². The van der Waals surface area contributed by atoms with Crippen LogP contribution in [-0.4, -0.2) is 15.8 Å². The molecule has 0 spiro atoms. The van der Waals surface area contributed by atoms with Crippen LogP contribution in [0.1, 0.15) is 68.3 Å². The number of nitrogens with one attached hydrogen (secondary N) is 1. The van der Waals surface area contributed by atoms with E-state index in [0.29, 0.717) is 18.1 Å². The van der Waals surface area contributed by atoms with E-state index in [1.165, 1.54) is 56.2 Å². The molecule has 1 aromatic heterocycles. The second kappa shape index (κ2) is 3.84. The first kappa shape index (κ1) is 10.1. The highest BCUT2D eigenvalue weighted by Gasteiger charge is 2.34. The maximum absolute atomic E-state index is 4.89. The van der Waals surface area contributed by atoms with Gasteiger partial charge in [0.05, 0.1) is 11.7 Å². The molecule has 2 bridgehead atoms. The molecule has 17 heavy (non-hydrogen) atoms. The Bertz CT molecular complexity index is 417. The Balaban J connectivity index is 1.64. The topological polar surface area (TPSA) is 29.9 Å². The average Bonchev–Trinajstić information content (AvgIpc) is 2.97. The smallest absolute Gasteiger partial charge is 0.0688 e. The average molecular weight is 231 g/mol. The Morgan fingerprint density at radius 1 is 1.12 bits per heavy atom. The Morgan fingerprint density at radius 2 is 2.00 bits per heavy atom. The molecule has 2 fully saturated rings. The van der Waals surface area contributed by atoms with Crippen molar-refractivity contribution in [2.24, 2.45) is 0 Å². The van der Waals surface area contributed by atoms with Gasteiger partial charge < -0.3 is 5.32 Å². The number of fused-ring (bicyclic) bond motifs is 4. The summed E-state index contributed by atoms with van der Waals surface area (Å²) in [6, 6.07) is 2.01. The zero-order valence-electron chi connectivity index (χ0n) is 10.4. The molecule has 1 aromatic rings. The summed E-state index contributed by atoms with van der Waals surface area (Å²) in [6.45, 7) is 0. The lowest BCUT2D eigenvalue weighted by Gasteiger charge is -2.21. The van der Waals surface area contributed by atoms with Crippen LogP contribution in [0.2, 0.25) is 0 Å². The SMILES string of the molecule is c1c2c(nn1C1CCCCC1)C[C@@H]1CC[C@H]2N1. The fourth-order valence-electron chi connectivity index (χ4n) is 3.88. The lowest BCUT2D eigenvalue weighted by molar-refractivity contribution is 0.327. The Kier molecular flexibility index (Phi) is 2.29. The summed E-state index contributed by atoms with van der Waals surface area (Å²) in [4.78, 5) is 0. The van der Waals surface area contributed by atoms with Gasteiger partial charge in [-0.15, -0.1) is 0 Å². The minimum atomic E-state index is 0.612. The molecule has 3 heteroatoms. The Hall–Kier alpha value is -0.830. The van der Waals surface area contributed by atoms with Crippen LogP contribution in [0.5, 0.6) is 0 Å². The van der Waals surface area contributed by atoms with Crippen molar-refractivity contribution < 1.29 is 0 Å². The van der Waals surface area contributed by atoms with E-state index >= 15 is 0 Å². The van der Waals surface area contributed by atoms with E-state index in [1.54, 1.807) is 0 Å². The molecule has 92 valence electrons. The van der Waals surface area contributed by atoms with E-state index in [4.69, 9.17) is 5.10 Å². The maximum Gasteiger partial charge on any atom is 0.0688 e. The lowest BCUT2D eigenvalue weighted by atomic mass is 9.96. The molecule has 3 aliphatic rings. The highest BCUT2D eigenvalue weighted by molar-refractivity contribution is 5.28. The molecule has 0 aromatic carbocycles. The predicted octanol–water partition coefficient (Wildman–Crippen LogP) is 2.74. The molecule has 1 aliphatic carbocycles. The van der Waals surface area contributed by atoms with Gasteiger partial charge >= 0.3 is 0 Å². The second-order valence-corrected chi connectivity index (χ2v) is 6.00. The number of rotatable bonds is 1. The van der Waals surface area contributed by atoms with E-state index in [1.807, 2.05) is 0 Å². The van der Waals surface area contributed by atoms with Crippen LogP contribution in [0.3, 0.4) is 0 Å². The Labute approximate surface area is 103 Å². The van der Waals surface area contributed by atoms with Gasteiger partial charge in [-0.25, -0.2) is 0 Å². The quantitative estimate of drug-likeness (QED) is 0.805. The molecule has 3 nitrogen and oxygen atoms in total.